The fourth-order valence-electron chi connectivity index (χ4n) is 0.202. The van der Waals surface area contributed by atoms with Crippen molar-refractivity contribution in [1.29, 1.82) is 0 Å². The van der Waals surface area contributed by atoms with Gasteiger partial charge in [0.05, 0.1) is 0 Å². The molecule has 0 N–H and O–H groups in total. The molecular formula is C4H6AlCl3O3. The molecule has 0 amide bonds. The molecule has 0 atom stereocenters. The van der Waals surface area contributed by atoms with E-state index >= 15 is 0 Å². The summed E-state index contributed by atoms with van der Waals surface area (Å²) in [5.74, 6) is -1.12. The Morgan fingerprint density at radius 3 is 1.09 bits per heavy atom. The van der Waals surface area contributed by atoms with Gasteiger partial charge in [0, 0.05) is 13.8 Å². The van der Waals surface area contributed by atoms with Crippen LogP contribution in [0.1, 0.15) is 13.8 Å². The van der Waals surface area contributed by atoms with E-state index in [1.807, 2.05) is 0 Å². The predicted octanol–water partition coefficient (Wildman–Crippen LogP) is -9.27. The molecule has 0 fully saturated rings. The number of carbonyl (C=O) groups excluding carboxylic acids is 2. The maximum atomic E-state index is 9.81. The molecule has 0 aromatic heterocycles. The molecule has 0 bridgehead atoms. The molecule has 0 saturated carbocycles. The first kappa shape index (κ1) is 30.0. The van der Waals surface area contributed by atoms with Crippen LogP contribution in [-0.4, -0.2) is 29.3 Å². The number of carbonyl (C=O) groups is 2. The summed E-state index contributed by atoms with van der Waals surface area (Å²) >= 11 is 0. The minimum atomic E-state index is -0.562. The number of hydrogen-bond acceptors (Lipinski definition) is 3. The molecule has 0 aromatic carbocycles. The van der Waals surface area contributed by atoms with E-state index < -0.39 is 11.9 Å². The molecule has 0 saturated heterocycles. The molecule has 11 heavy (non-hydrogen) atoms. The molecule has 3 nitrogen and oxygen atoms in total. The van der Waals surface area contributed by atoms with Gasteiger partial charge in [-0.1, -0.05) is 0 Å². The molecule has 0 aromatic rings. The van der Waals surface area contributed by atoms with Gasteiger partial charge in [0.25, 0.3) is 0 Å². The van der Waals surface area contributed by atoms with Crippen molar-refractivity contribution in [2.24, 2.45) is 0 Å². The van der Waals surface area contributed by atoms with E-state index in [0.717, 1.165) is 0 Å². The SMILES string of the molecule is CC(=O)OC(C)=O.[Al+3].[Cl-].[Cl-].[Cl-]. The summed E-state index contributed by atoms with van der Waals surface area (Å²) in [5.41, 5.74) is 0. The Morgan fingerprint density at radius 2 is 1.09 bits per heavy atom. The maximum Gasteiger partial charge on any atom is 3.00 e. The van der Waals surface area contributed by atoms with Gasteiger partial charge in [-0.15, -0.1) is 0 Å². The van der Waals surface area contributed by atoms with Crippen molar-refractivity contribution in [3.8, 4) is 0 Å². The second-order valence-corrected chi connectivity index (χ2v) is 1.09. The van der Waals surface area contributed by atoms with Crippen molar-refractivity contribution in [1.82, 2.24) is 0 Å². The molecular weight excluding hydrogens is 229 g/mol. The molecule has 0 spiro atoms. The van der Waals surface area contributed by atoms with Crippen LogP contribution < -0.4 is 37.2 Å². The van der Waals surface area contributed by atoms with Gasteiger partial charge in [0.1, 0.15) is 0 Å². The molecule has 7 heteroatoms. The van der Waals surface area contributed by atoms with E-state index in [1.54, 1.807) is 0 Å². The summed E-state index contributed by atoms with van der Waals surface area (Å²) in [6, 6.07) is 0. The van der Waals surface area contributed by atoms with Crippen LogP contribution >= 0.6 is 0 Å². The molecule has 0 aliphatic heterocycles. The van der Waals surface area contributed by atoms with Crippen molar-refractivity contribution >= 4 is 29.3 Å². The number of ether oxygens (including phenoxy) is 1. The first-order valence-electron chi connectivity index (χ1n) is 1.82. The minimum absolute atomic E-state index is 0. The summed E-state index contributed by atoms with van der Waals surface area (Å²) in [6.45, 7) is 2.36. The van der Waals surface area contributed by atoms with Crippen molar-refractivity contribution in [3.05, 3.63) is 0 Å². The summed E-state index contributed by atoms with van der Waals surface area (Å²) in [4.78, 5) is 19.6. The third-order valence-corrected chi connectivity index (χ3v) is 0.287. The number of halogens is 3. The normalized spacial score (nSPS) is 4.91. The fraction of sp³-hybridized carbons (Fsp3) is 0.500. The maximum absolute atomic E-state index is 9.81. The molecule has 0 heterocycles. The Bertz CT molecular complexity index is 96.8. The van der Waals surface area contributed by atoms with Crippen LogP contribution in [-0.2, 0) is 14.3 Å². The third-order valence-electron chi connectivity index (χ3n) is 0.287. The first-order chi connectivity index (χ1) is 3.13. The molecule has 0 rings (SSSR count). The van der Waals surface area contributed by atoms with Crippen LogP contribution in [0.25, 0.3) is 0 Å². The van der Waals surface area contributed by atoms with Gasteiger partial charge < -0.3 is 42.0 Å². The summed E-state index contributed by atoms with van der Waals surface area (Å²) in [6.07, 6.45) is 0. The van der Waals surface area contributed by atoms with Crippen molar-refractivity contribution < 1.29 is 51.5 Å². The largest absolute Gasteiger partial charge is 3.00 e. The molecule has 0 unspecified atom stereocenters. The van der Waals surface area contributed by atoms with E-state index in [4.69, 9.17) is 0 Å². The quantitative estimate of drug-likeness (QED) is 0.238. The third kappa shape index (κ3) is 37.3. The summed E-state index contributed by atoms with van der Waals surface area (Å²) in [5, 5.41) is 0. The second-order valence-electron chi connectivity index (χ2n) is 1.09. The Morgan fingerprint density at radius 1 is 0.909 bits per heavy atom. The average molecular weight is 235 g/mol. The van der Waals surface area contributed by atoms with E-state index in [9.17, 15) is 9.59 Å². The van der Waals surface area contributed by atoms with Gasteiger partial charge >= 0.3 is 29.3 Å². The van der Waals surface area contributed by atoms with Crippen LogP contribution in [0.3, 0.4) is 0 Å². The van der Waals surface area contributed by atoms with Crippen molar-refractivity contribution in [2.75, 3.05) is 0 Å². The first-order valence-corrected chi connectivity index (χ1v) is 1.82. The van der Waals surface area contributed by atoms with Gasteiger partial charge in [-0.2, -0.15) is 0 Å². The minimum Gasteiger partial charge on any atom is -1.00 e. The fourth-order valence-corrected chi connectivity index (χ4v) is 0.202. The molecule has 0 radical (unpaired) electrons. The van der Waals surface area contributed by atoms with Crippen LogP contribution in [0.2, 0.25) is 0 Å². The zero-order valence-corrected chi connectivity index (χ0v) is 9.36. The topological polar surface area (TPSA) is 43.4 Å². The summed E-state index contributed by atoms with van der Waals surface area (Å²) < 4.78 is 3.97. The average Bonchev–Trinajstić information content (AvgIpc) is 1.27. The van der Waals surface area contributed by atoms with E-state index in [-0.39, 0.29) is 54.6 Å². The molecule has 64 valence electrons. The Kier molecular flexibility index (Phi) is 46.0. The smallest absolute Gasteiger partial charge is 1.00 e. The van der Waals surface area contributed by atoms with E-state index in [2.05, 4.69) is 4.74 Å². The molecule has 0 aliphatic carbocycles. The number of hydrogen-bond donors (Lipinski definition) is 0. The molecule has 0 aliphatic rings. The number of rotatable bonds is 0. The Balaban J connectivity index is -0.0000000300. The zero-order valence-electron chi connectivity index (χ0n) is 5.94. The monoisotopic (exact) mass is 234 g/mol. The van der Waals surface area contributed by atoms with Gasteiger partial charge in [-0.05, 0) is 0 Å². The van der Waals surface area contributed by atoms with Crippen LogP contribution in [0.15, 0.2) is 0 Å². The van der Waals surface area contributed by atoms with Gasteiger partial charge in [-0.25, -0.2) is 0 Å². The second kappa shape index (κ2) is 16.9. The predicted molar refractivity (Wildman–Crippen MR) is 28.2 cm³/mol. The van der Waals surface area contributed by atoms with Crippen LogP contribution in [0, 0.1) is 0 Å². The van der Waals surface area contributed by atoms with Gasteiger partial charge in [0.15, 0.2) is 0 Å². The zero-order chi connectivity index (χ0) is 5.86. The van der Waals surface area contributed by atoms with Crippen molar-refractivity contribution in [3.63, 3.8) is 0 Å². The van der Waals surface area contributed by atoms with Gasteiger partial charge in [-0.3, -0.25) is 9.59 Å². The van der Waals surface area contributed by atoms with Crippen LogP contribution in [0.5, 0.6) is 0 Å². The van der Waals surface area contributed by atoms with E-state index in [0.29, 0.717) is 0 Å². The van der Waals surface area contributed by atoms with E-state index in [1.165, 1.54) is 13.8 Å². The summed E-state index contributed by atoms with van der Waals surface area (Å²) in [7, 11) is 0. The number of esters is 2. The standard InChI is InChI=1S/C4H6O3.Al.3ClH/c1-3(5)7-4(2)6;;;;/h1-2H3;;3*1H/q;+3;;;/p-3. The van der Waals surface area contributed by atoms with Crippen LogP contribution in [0.4, 0.5) is 0 Å². The van der Waals surface area contributed by atoms with Gasteiger partial charge in [0.2, 0.25) is 0 Å². The van der Waals surface area contributed by atoms with Crippen molar-refractivity contribution in [2.45, 2.75) is 13.8 Å². The Hall–Kier alpha value is 0.542. The Labute approximate surface area is 94.6 Å².